The number of carbonyl (C=O) groups is 1. The lowest BCUT2D eigenvalue weighted by Gasteiger charge is -2.05. The molecule has 1 aromatic carbocycles. The van der Waals surface area contributed by atoms with Gasteiger partial charge in [-0.2, -0.15) is 0 Å². The fraction of sp³-hybridized carbons (Fsp3) is 0.364. The molecule has 0 atom stereocenters. The minimum absolute atomic E-state index is 0.212. The van der Waals surface area contributed by atoms with Crippen molar-refractivity contribution in [3.05, 3.63) is 35.9 Å². The largest absolute Gasteiger partial charge is 0.508 e. The summed E-state index contributed by atoms with van der Waals surface area (Å²) >= 11 is 0. The van der Waals surface area contributed by atoms with Crippen LogP contribution in [-0.4, -0.2) is 26.5 Å². The van der Waals surface area contributed by atoms with E-state index in [9.17, 15) is 4.79 Å². The molecule has 0 amide bonds. The molecule has 0 saturated carbocycles. The Labute approximate surface area is 88.8 Å². The van der Waals surface area contributed by atoms with Gasteiger partial charge >= 0.3 is 6.16 Å². The van der Waals surface area contributed by atoms with Crippen molar-refractivity contribution in [1.29, 1.82) is 0 Å². The van der Waals surface area contributed by atoms with Gasteiger partial charge < -0.3 is 14.2 Å². The number of methoxy groups -OCH3 is 1. The maximum Gasteiger partial charge on any atom is 0.508 e. The van der Waals surface area contributed by atoms with E-state index >= 15 is 0 Å². The van der Waals surface area contributed by atoms with Gasteiger partial charge in [0.05, 0.1) is 6.61 Å². The Hall–Kier alpha value is -1.55. The molecule has 0 aliphatic carbocycles. The highest BCUT2D eigenvalue weighted by molar-refractivity contribution is 5.59. The molecule has 1 aromatic rings. The molecule has 0 aliphatic heterocycles. The maximum absolute atomic E-state index is 11.0. The van der Waals surface area contributed by atoms with Gasteiger partial charge in [-0.15, -0.1) is 0 Å². The zero-order chi connectivity index (χ0) is 10.9. The predicted octanol–water partition coefficient (Wildman–Crippen LogP) is 1.99. The normalized spacial score (nSPS) is 9.67. The first-order valence-corrected chi connectivity index (χ1v) is 4.65. The minimum atomic E-state index is -0.670. The van der Waals surface area contributed by atoms with Crippen molar-refractivity contribution in [2.24, 2.45) is 0 Å². The highest BCUT2D eigenvalue weighted by Crippen LogP contribution is 2.01. The van der Waals surface area contributed by atoms with Crippen LogP contribution in [0.4, 0.5) is 4.79 Å². The number of rotatable bonds is 5. The van der Waals surface area contributed by atoms with Gasteiger partial charge in [0.25, 0.3) is 0 Å². The first-order valence-electron chi connectivity index (χ1n) is 4.65. The summed E-state index contributed by atoms with van der Waals surface area (Å²) in [5, 5.41) is 0. The average Bonchev–Trinajstić information content (AvgIpc) is 2.28. The first-order chi connectivity index (χ1) is 7.33. The third kappa shape index (κ3) is 5.02. The van der Waals surface area contributed by atoms with Gasteiger partial charge in [-0.25, -0.2) is 4.79 Å². The van der Waals surface area contributed by atoms with Gasteiger partial charge in [0.2, 0.25) is 0 Å². The van der Waals surface area contributed by atoms with Crippen molar-refractivity contribution >= 4 is 6.16 Å². The Kier molecular flexibility index (Phi) is 5.25. The minimum Gasteiger partial charge on any atom is -0.432 e. The van der Waals surface area contributed by atoms with Gasteiger partial charge in [0.15, 0.2) is 0 Å². The highest BCUT2D eigenvalue weighted by Gasteiger charge is 2.03. The lowest BCUT2D eigenvalue weighted by atomic mass is 10.2. The molecule has 15 heavy (non-hydrogen) atoms. The summed E-state index contributed by atoms with van der Waals surface area (Å²) in [6.45, 7) is 0.817. The summed E-state index contributed by atoms with van der Waals surface area (Å²) in [6, 6.07) is 9.43. The Bertz CT molecular complexity index is 284. The molecule has 1 rings (SSSR count). The van der Waals surface area contributed by atoms with Gasteiger partial charge in [-0.05, 0) is 5.56 Å². The van der Waals surface area contributed by atoms with E-state index in [4.69, 9.17) is 14.2 Å². The van der Waals surface area contributed by atoms with Crippen LogP contribution in [0.1, 0.15) is 5.56 Å². The summed E-state index contributed by atoms with van der Waals surface area (Å²) in [6.07, 6.45) is -0.670. The van der Waals surface area contributed by atoms with Crippen LogP contribution in [0.2, 0.25) is 0 Å². The maximum atomic E-state index is 11.0. The van der Waals surface area contributed by atoms with Crippen LogP contribution in [0.3, 0.4) is 0 Å². The molecule has 0 radical (unpaired) electrons. The van der Waals surface area contributed by atoms with E-state index in [0.29, 0.717) is 6.61 Å². The van der Waals surface area contributed by atoms with Gasteiger partial charge in [0, 0.05) is 7.11 Å². The van der Waals surface area contributed by atoms with Crippen LogP contribution in [0.5, 0.6) is 0 Å². The highest BCUT2D eigenvalue weighted by atomic mass is 16.7. The van der Waals surface area contributed by atoms with Gasteiger partial charge in [-0.3, -0.25) is 0 Å². The third-order valence-corrected chi connectivity index (χ3v) is 1.71. The number of ether oxygens (including phenoxy) is 3. The van der Waals surface area contributed by atoms with Crippen LogP contribution < -0.4 is 0 Å². The van der Waals surface area contributed by atoms with Crippen LogP contribution >= 0.6 is 0 Å². The quantitative estimate of drug-likeness (QED) is 0.550. The Morgan fingerprint density at radius 1 is 1.13 bits per heavy atom. The third-order valence-electron chi connectivity index (χ3n) is 1.71. The van der Waals surface area contributed by atoms with E-state index in [-0.39, 0.29) is 13.2 Å². The van der Waals surface area contributed by atoms with E-state index in [2.05, 4.69) is 0 Å². The molecule has 82 valence electrons. The molecule has 0 aliphatic rings. The first kappa shape index (κ1) is 11.5. The van der Waals surface area contributed by atoms with Crippen molar-refractivity contribution in [3.8, 4) is 0 Å². The summed E-state index contributed by atoms with van der Waals surface area (Å²) in [7, 11) is 1.54. The summed E-state index contributed by atoms with van der Waals surface area (Å²) < 4.78 is 14.3. The van der Waals surface area contributed by atoms with E-state index in [1.54, 1.807) is 7.11 Å². The van der Waals surface area contributed by atoms with E-state index < -0.39 is 6.16 Å². The number of hydrogen-bond donors (Lipinski definition) is 0. The number of benzene rings is 1. The van der Waals surface area contributed by atoms with E-state index in [0.717, 1.165) is 5.56 Å². The molecular formula is C11H14O4. The van der Waals surface area contributed by atoms with Gasteiger partial charge in [0.1, 0.15) is 13.2 Å². The second kappa shape index (κ2) is 6.84. The fourth-order valence-electron chi connectivity index (χ4n) is 0.966. The monoisotopic (exact) mass is 210 g/mol. The average molecular weight is 210 g/mol. The molecular weight excluding hydrogens is 196 g/mol. The fourth-order valence-corrected chi connectivity index (χ4v) is 0.966. The lowest BCUT2D eigenvalue weighted by molar-refractivity contribution is 0.0323. The zero-order valence-corrected chi connectivity index (χ0v) is 8.64. The van der Waals surface area contributed by atoms with E-state index in [1.807, 2.05) is 30.3 Å². The van der Waals surface area contributed by atoms with Crippen molar-refractivity contribution < 1.29 is 19.0 Å². The van der Waals surface area contributed by atoms with Crippen molar-refractivity contribution in [3.63, 3.8) is 0 Å². The van der Waals surface area contributed by atoms with Crippen LogP contribution in [0, 0.1) is 0 Å². The number of carbonyl (C=O) groups excluding carboxylic acids is 1. The van der Waals surface area contributed by atoms with Crippen LogP contribution in [0.15, 0.2) is 30.3 Å². The molecule has 0 fully saturated rings. The smallest absolute Gasteiger partial charge is 0.432 e. The van der Waals surface area contributed by atoms with Gasteiger partial charge in [-0.1, -0.05) is 30.3 Å². The van der Waals surface area contributed by atoms with Crippen molar-refractivity contribution in [1.82, 2.24) is 0 Å². The molecule has 0 spiro atoms. The molecule has 4 heteroatoms. The predicted molar refractivity (Wildman–Crippen MR) is 54.5 cm³/mol. The van der Waals surface area contributed by atoms with Crippen LogP contribution in [0.25, 0.3) is 0 Å². The van der Waals surface area contributed by atoms with Crippen molar-refractivity contribution in [2.75, 3.05) is 20.3 Å². The standard InChI is InChI=1S/C11H14O4/c1-13-7-8-14-11(12)15-9-10-5-3-2-4-6-10/h2-6H,7-9H2,1H3. The lowest BCUT2D eigenvalue weighted by Crippen LogP contribution is -2.11. The van der Waals surface area contributed by atoms with E-state index in [1.165, 1.54) is 0 Å². The molecule has 4 nitrogen and oxygen atoms in total. The molecule has 0 unspecified atom stereocenters. The number of hydrogen-bond acceptors (Lipinski definition) is 4. The summed E-state index contributed by atoms with van der Waals surface area (Å²) in [5.41, 5.74) is 0.932. The molecule has 0 saturated heterocycles. The topological polar surface area (TPSA) is 44.8 Å². The Morgan fingerprint density at radius 2 is 1.87 bits per heavy atom. The summed E-state index contributed by atoms with van der Waals surface area (Å²) in [4.78, 5) is 11.0. The molecule has 0 bridgehead atoms. The molecule has 0 N–H and O–H groups in total. The Balaban J connectivity index is 2.17. The van der Waals surface area contributed by atoms with Crippen molar-refractivity contribution in [2.45, 2.75) is 6.61 Å². The van der Waals surface area contributed by atoms with Crippen LogP contribution in [-0.2, 0) is 20.8 Å². The SMILES string of the molecule is COCCOC(=O)OCc1ccccc1. The molecule has 0 heterocycles. The second-order valence-electron chi connectivity index (χ2n) is 2.87. The zero-order valence-electron chi connectivity index (χ0n) is 8.64. The second-order valence-corrected chi connectivity index (χ2v) is 2.87. The molecule has 0 aromatic heterocycles. The Morgan fingerprint density at radius 3 is 2.53 bits per heavy atom. The summed E-state index contributed by atoms with van der Waals surface area (Å²) in [5.74, 6) is 0.